The van der Waals surface area contributed by atoms with E-state index in [9.17, 15) is 24.3 Å². The lowest BCUT2D eigenvalue weighted by Gasteiger charge is -2.24. The fourth-order valence-corrected chi connectivity index (χ4v) is 2.27. The first-order chi connectivity index (χ1) is 9.09. The summed E-state index contributed by atoms with van der Waals surface area (Å²) in [6, 6.07) is 2.20. The number of benzene rings is 1. The molecule has 0 saturated carbocycles. The lowest BCUT2D eigenvalue weighted by atomic mass is 9.97. The molecule has 20 heavy (non-hydrogen) atoms. The van der Waals surface area contributed by atoms with Crippen LogP contribution in [0, 0.1) is 0 Å². The van der Waals surface area contributed by atoms with E-state index < -0.39 is 32.8 Å². The molecule has 0 amide bonds. The number of phenols is 2. The van der Waals surface area contributed by atoms with Gasteiger partial charge in [0.2, 0.25) is 0 Å². The van der Waals surface area contributed by atoms with Gasteiger partial charge >= 0.3 is 0 Å². The predicted octanol–water partition coefficient (Wildman–Crippen LogP) is 1.67. The third kappa shape index (κ3) is 3.44. The number of aromatic hydroxyl groups is 2. The molecule has 0 fully saturated rings. The molecule has 1 aromatic carbocycles. The van der Waals surface area contributed by atoms with Crippen molar-refractivity contribution < 1.29 is 24.3 Å². The maximum Gasteiger partial charge on any atom is 0.166 e. The highest BCUT2D eigenvalue weighted by atomic mass is 35.5. The van der Waals surface area contributed by atoms with E-state index in [0.717, 1.165) is 6.07 Å². The third-order valence-corrected chi connectivity index (χ3v) is 3.35. The maximum absolute atomic E-state index is 11.6. The van der Waals surface area contributed by atoms with Crippen LogP contribution in [-0.4, -0.2) is 42.7 Å². The molecule has 1 aliphatic carbocycles. The number of alkyl halides is 2. The second kappa shape index (κ2) is 6.30. The molecular formula is C12H14Cl2O5S. The van der Waals surface area contributed by atoms with Gasteiger partial charge in [-0.15, -0.1) is 23.2 Å². The predicted molar refractivity (Wildman–Crippen MR) is 78.1 cm³/mol. The van der Waals surface area contributed by atoms with Crippen molar-refractivity contribution >= 4 is 39.8 Å². The van der Waals surface area contributed by atoms with Gasteiger partial charge in [0, 0.05) is 46.9 Å². The molecule has 0 aliphatic heterocycles. The Hall–Kier alpha value is -0.820. The highest BCUT2D eigenvalue weighted by Crippen LogP contribution is 2.48. The topological polar surface area (TPSA) is 94.8 Å². The number of rotatable bonds is 1. The lowest BCUT2D eigenvalue weighted by Crippen LogP contribution is -2.30. The van der Waals surface area contributed by atoms with Gasteiger partial charge in [0.15, 0.2) is 5.78 Å². The van der Waals surface area contributed by atoms with Crippen LogP contribution >= 0.6 is 23.2 Å². The molecule has 0 aromatic heterocycles. The van der Waals surface area contributed by atoms with Gasteiger partial charge in [-0.05, 0) is 6.07 Å². The van der Waals surface area contributed by atoms with Crippen molar-refractivity contribution in [1.29, 1.82) is 0 Å². The summed E-state index contributed by atoms with van der Waals surface area (Å²) in [5.41, 5.74) is -1.77. The summed E-state index contributed by atoms with van der Waals surface area (Å²) in [6.07, 6.45) is 2.97. The summed E-state index contributed by atoms with van der Waals surface area (Å²) in [7, 11) is -0.611. The first-order valence-corrected chi connectivity index (χ1v) is 8.28. The first kappa shape index (κ1) is 17.2. The van der Waals surface area contributed by atoms with Gasteiger partial charge in [0.1, 0.15) is 21.9 Å². The lowest BCUT2D eigenvalue weighted by molar-refractivity contribution is 0.0470. The zero-order valence-corrected chi connectivity index (χ0v) is 13.1. The number of hydrogen-bond acceptors (Lipinski definition) is 5. The van der Waals surface area contributed by atoms with Crippen molar-refractivity contribution in [2.45, 2.75) is 16.9 Å². The highest BCUT2D eigenvalue weighted by molar-refractivity contribution is 7.83. The molecule has 5 nitrogen and oxygen atoms in total. The van der Waals surface area contributed by atoms with E-state index in [1.807, 2.05) is 0 Å². The van der Waals surface area contributed by atoms with Crippen LogP contribution in [0.2, 0.25) is 0 Å². The molecule has 0 unspecified atom stereocenters. The summed E-state index contributed by atoms with van der Waals surface area (Å²) >= 11 is 11.2. The zero-order chi connectivity index (χ0) is 15.7. The van der Waals surface area contributed by atoms with Gasteiger partial charge in [-0.3, -0.25) is 9.00 Å². The minimum absolute atomic E-state index is 0.0229. The molecule has 112 valence electrons. The molecule has 0 spiro atoms. The number of aliphatic hydroxyl groups is 1. The summed E-state index contributed by atoms with van der Waals surface area (Å²) in [5.74, 6) is -1.07. The second-order valence-corrected chi connectivity index (χ2v) is 7.03. The average Bonchev–Trinajstić information content (AvgIpc) is 2.51. The Kier molecular flexibility index (Phi) is 5.43. The van der Waals surface area contributed by atoms with Crippen LogP contribution < -0.4 is 0 Å². The quantitative estimate of drug-likeness (QED) is 0.676. The number of carbonyl (C=O) groups excluding carboxylic acids is 1. The Labute approximate surface area is 128 Å². The van der Waals surface area contributed by atoms with E-state index in [2.05, 4.69) is 0 Å². The molecule has 0 saturated heterocycles. The smallest absolute Gasteiger partial charge is 0.166 e. The molecule has 0 radical (unpaired) electrons. The molecular weight excluding hydrogens is 327 g/mol. The number of ketones is 1. The number of Topliss-reactive ketones (excluding diaryl/α,β-unsaturated/α-hetero) is 1. The van der Waals surface area contributed by atoms with Crippen LogP contribution in [0.1, 0.15) is 22.3 Å². The van der Waals surface area contributed by atoms with Crippen molar-refractivity contribution in [3.63, 3.8) is 0 Å². The number of carbonyl (C=O) groups is 1. The number of halogens is 2. The molecule has 1 atom stereocenters. The Bertz CT molecular complexity index is 557. The van der Waals surface area contributed by atoms with Crippen molar-refractivity contribution in [2.24, 2.45) is 0 Å². The third-order valence-electron chi connectivity index (χ3n) is 2.63. The van der Waals surface area contributed by atoms with Crippen LogP contribution in [0.15, 0.2) is 12.1 Å². The summed E-state index contributed by atoms with van der Waals surface area (Å²) in [5, 5.41) is 29.0. The SMILES string of the molecule is CS(C)=O.O=C1C[C@@](O)(C(Cl)Cl)c2c(O)cc(O)cc21. The van der Waals surface area contributed by atoms with Crippen molar-refractivity contribution in [2.75, 3.05) is 12.5 Å². The van der Waals surface area contributed by atoms with Crippen LogP contribution in [0.25, 0.3) is 0 Å². The van der Waals surface area contributed by atoms with Crippen molar-refractivity contribution in [3.8, 4) is 11.5 Å². The van der Waals surface area contributed by atoms with Crippen LogP contribution in [-0.2, 0) is 16.4 Å². The minimum Gasteiger partial charge on any atom is -0.508 e. The Morgan fingerprint density at radius 2 is 1.80 bits per heavy atom. The van der Waals surface area contributed by atoms with Gasteiger partial charge in [-0.1, -0.05) is 0 Å². The van der Waals surface area contributed by atoms with Gasteiger partial charge in [-0.25, -0.2) is 0 Å². The van der Waals surface area contributed by atoms with Crippen LogP contribution in [0.4, 0.5) is 0 Å². The van der Waals surface area contributed by atoms with E-state index in [1.165, 1.54) is 6.07 Å². The number of phenolic OH excluding ortho intramolecular Hbond substituents is 2. The largest absolute Gasteiger partial charge is 0.508 e. The fourth-order valence-electron chi connectivity index (χ4n) is 1.90. The number of fused-ring (bicyclic) bond motifs is 1. The molecule has 0 bridgehead atoms. The first-order valence-electron chi connectivity index (χ1n) is 5.45. The van der Waals surface area contributed by atoms with Crippen molar-refractivity contribution in [3.05, 3.63) is 23.3 Å². The summed E-state index contributed by atoms with van der Waals surface area (Å²) in [6.45, 7) is 0. The highest BCUT2D eigenvalue weighted by Gasteiger charge is 2.48. The van der Waals surface area contributed by atoms with Crippen LogP contribution in [0.3, 0.4) is 0 Å². The van der Waals surface area contributed by atoms with Crippen LogP contribution in [0.5, 0.6) is 11.5 Å². The van der Waals surface area contributed by atoms with Gasteiger partial charge in [-0.2, -0.15) is 0 Å². The molecule has 3 N–H and O–H groups in total. The fraction of sp³-hybridized carbons (Fsp3) is 0.417. The second-order valence-electron chi connectivity index (χ2n) is 4.45. The minimum atomic E-state index is -1.80. The number of hydrogen-bond donors (Lipinski definition) is 3. The molecule has 0 heterocycles. The molecule has 1 aliphatic rings. The Morgan fingerprint density at radius 1 is 1.30 bits per heavy atom. The van der Waals surface area contributed by atoms with E-state index in [0.29, 0.717) is 0 Å². The summed E-state index contributed by atoms with van der Waals surface area (Å²) in [4.78, 5) is 10.3. The molecule has 2 rings (SSSR count). The Morgan fingerprint density at radius 3 is 2.25 bits per heavy atom. The zero-order valence-electron chi connectivity index (χ0n) is 10.8. The van der Waals surface area contributed by atoms with E-state index in [-0.39, 0.29) is 23.3 Å². The van der Waals surface area contributed by atoms with E-state index in [1.54, 1.807) is 12.5 Å². The Balaban J connectivity index is 0.000000444. The van der Waals surface area contributed by atoms with Gasteiger partial charge in [0.05, 0.1) is 0 Å². The van der Waals surface area contributed by atoms with E-state index in [4.69, 9.17) is 23.2 Å². The molecule has 8 heteroatoms. The monoisotopic (exact) mass is 340 g/mol. The van der Waals surface area contributed by atoms with Crippen molar-refractivity contribution in [1.82, 2.24) is 0 Å². The molecule has 1 aromatic rings. The van der Waals surface area contributed by atoms with Gasteiger partial charge < -0.3 is 15.3 Å². The van der Waals surface area contributed by atoms with E-state index >= 15 is 0 Å². The average molecular weight is 341 g/mol. The normalized spacial score (nSPS) is 20.9. The van der Waals surface area contributed by atoms with Gasteiger partial charge in [0.25, 0.3) is 0 Å². The maximum atomic E-state index is 11.6. The summed E-state index contributed by atoms with van der Waals surface area (Å²) < 4.78 is 9.56. The standard InChI is InChI=1S/C10H8Cl2O4.C2H6OS/c11-9(12)10(16)3-7(15)5-1-4(13)2-6(14)8(5)10;1-4(2)3/h1-2,9,13-14,16H,3H2;1-2H3/t10-;/m0./s1.